The van der Waals surface area contributed by atoms with Crippen LogP contribution < -0.4 is 0 Å². The third-order valence-corrected chi connectivity index (χ3v) is 5.30. The molecule has 2 heteroatoms. The van der Waals surface area contributed by atoms with Gasteiger partial charge in [0.05, 0.1) is 5.60 Å². The maximum absolute atomic E-state index is 10.6. The summed E-state index contributed by atoms with van der Waals surface area (Å²) >= 11 is 2.11. The molecule has 2 heterocycles. The van der Waals surface area contributed by atoms with Crippen LogP contribution in [0.1, 0.15) is 46.5 Å². The van der Waals surface area contributed by atoms with E-state index < -0.39 is 5.60 Å². The van der Waals surface area contributed by atoms with Gasteiger partial charge in [-0.25, -0.2) is 0 Å². The third kappa shape index (κ3) is 1.63. The molecule has 2 atom stereocenters. The molecule has 0 amide bonds. The molecule has 2 fully saturated rings. The fourth-order valence-electron chi connectivity index (χ4n) is 2.53. The van der Waals surface area contributed by atoms with E-state index >= 15 is 0 Å². The Bertz CT molecular complexity index is 195. The number of aliphatic hydroxyl groups is 1. The molecule has 0 radical (unpaired) electrons. The first-order valence-corrected chi connectivity index (χ1v) is 6.23. The van der Waals surface area contributed by atoms with Crippen molar-refractivity contribution in [2.75, 3.05) is 0 Å². The van der Waals surface area contributed by atoms with Crippen molar-refractivity contribution in [1.82, 2.24) is 0 Å². The van der Waals surface area contributed by atoms with Crippen molar-refractivity contribution in [3.05, 3.63) is 0 Å². The molecule has 2 aliphatic rings. The molecule has 2 rings (SSSR count). The summed E-state index contributed by atoms with van der Waals surface area (Å²) in [6, 6.07) is 0. The quantitative estimate of drug-likeness (QED) is 0.649. The molecule has 2 aliphatic heterocycles. The Balaban J connectivity index is 2.17. The highest BCUT2D eigenvalue weighted by Gasteiger charge is 2.49. The van der Waals surface area contributed by atoms with Crippen LogP contribution in [0, 0.1) is 5.41 Å². The first kappa shape index (κ1) is 9.85. The van der Waals surface area contributed by atoms with Crippen LogP contribution in [0.15, 0.2) is 0 Å². The predicted molar refractivity (Wildman–Crippen MR) is 58.0 cm³/mol. The molecule has 0 aliphatic carbocycles. The second-order valence-corrected chi connectivity index (χ2v) is 7.25. The van der Waals surface area contributed by atoms with E-state index in [1.54, 1.807) is 0 Å². The molecule has 0 aromatic heterocycles. The van der Waals surface area contributed by atoms with Gasteiger partial charge in [0.2, 0.25) is 0 Å². The van der Waals surface area contributed by atoms with E-state index in [0.717, 1.165) is 23.3 Å². The number of fused-ring (bicyclic) bond motifs is 2. The van der Waals surface area contributed by atoms with Gasteiger partial charge in [-0.1, -0.05) is 20.8 Å². The lowest BCUT2D eigenvalue weighted by Crippen LogP contribution is -2.47. The van der Waals surface area contributed by atoms with Gasteiger partial charge < -0.3 is 5.11 Å². The van der Waals surface area contributed by atoms with Crippen molar-refractivity contribution in [3.8, 4) is 0 Å². The van der Waals surface area contributed by atoms with Crippen molar-refractivity contribution in [2.45, 2.75) is 62.6 Å². The minimum absolute atomic E-state index is 0.0504. The van der Waals surface area contributed by atoms with Crippen LogP contribution in [-0.4, -0.2) is 21.2 Å². The van der Waals surface area contributed by atoms with E-state index in [1.165, 1.54) is 12.8 Å². The van der Waals surface area contributed by atoms with Gasteiger partial charge in [0.15, 0.2) is 0 Å². The average molecular weight is 200 g/mol. The number of thioether (sulfide) groups is 1. The molecule has 1 nitrogen and oxygen atoms in total. The van der Waals surface area contributed by atoms with Crippen molar-refractivity contribution in [2.24, 2.45) is 5.41 Å². The van der Waals surface area contributed by atoms with Crippen molar-refractivity contribution in [1.29, 1.82) is 0 Å². The smallest absolute Gasteiger partial charge is 0.0716 e. The van der Waals surface area contributed by atoms with E-state index in [0.29, 0.717) is 0 Å². The molecular formula is C11H20OS. The standard InChI is InChI=1S/C11H20OS/c1-10(2,3)11(12)6-8-4-5-9(7-11)13-8/h8-9,12H,4-7H2,1-3H3. The Morgan fingerprint density at radius 2 is 1.62 bits per heavy atom. The lowest BCUT2D eigenvalue weighted by atomic mass is 9.72. The first-order chi connectivity index (χ1) is 5.91. The molecule has 2 saturated heterocycles. The monoisotopic (exact) mass is 200 g/mol. The molecule has 2 bridgehead atoms. The predicted octanol–water partition coefficient (Wildman–Crippen LogP) is 2.82. The van der Waals surface area contributed by atoms with Gasteiger partial charge in [-0.15, -0.1) is 0 Å². The number of rotatable bonds is 0. The normalized spacial score (nSPS) is 45.2. The van der Waals surface area contributed by atoms with Gasteiger partial charge >= 0.3 is 0 Å². The van der Waals surface area contributed by atoms with Crippen LogP contribution in [-0.2, 0) is 0 Å². The molecular weight excluding hydrogens is 180 g/mol. The summed E-state index contributed by atoms with van der Waals surface area (Å²) in [6.45, 7) is 6.51. The van der Waals surface area contributed by atoms with Crippen LogP contribution in [0.2, 0.25) is 0 Å². The highest BCUT2D eigenvalue weighted by molar-refractivity contribution is 8.00. The second-order valence-electron chi connectivity index (χ2n) is 5.65. The minimum atomic E-state index is -0.399. The summed E-state index contributed by atoms with van der Waals surface area (Å²) in [5.41, 5.74) is -0.348. The summed E-state index contributed by atoms with van der Waals surface area (Å²) in [6.07, 6.45) is 4.68. The zero-order valence-electron chi connectivity index (χ0n) is 8.84. The summed E-state index contributed by atoms with van der Waals surface area (Å²) in [7, 11) is 0. The van der Waals surface area contributed by atoms with Gasteiger partial charge in [0.25, 0.3) is 0 Å². The van der Waals surface area contributed by atoms with Gasteiger partial charge in [-0.05, 0) is 31.1 Å². The van der Waals surface area contributed by atoms with Crippen LogP contribution in [0.4, 0.5) is 0 Å². The minimum Gasteiger partial charge on any atom is -0.389 e. The SMILES string of the molecule is CC(C)(C)C1(O)CC2CCC(C1)S2. The summed E-state index contributed by atoms with van der Waals surface area (Å²) in [5.74, 6) is 0. The zero-order chi connectivity index (χ0) is 9.69. The molecule has 0 aromatic rings. The highest BCUT2D eigenvalue weighted by atomic mass is 32.2. The highest BCUT2D eigenvalue weighted by Crippen LogP contribution is 2.52. The van der Waals surface area contributed by atoms with Crippen molar-refractivity contribution >= 4 is 11.8 Å². The van der Waals surface area contributed by atoms with Crippen LogP contribution in [0.3, 0.4) is 0 Å². The van der Waals surface area contributed by atoms with E-state index in [-0.39, 0.29) is 5.41 Å². The second kappa shape index (κ2) is 2.90. The molecule has 0 spiro atoms. The number of hydrogen-bond acceptors (Lipinski definition) is 2. The lowest BCUT2D eigenvalue weighted by molar-refractivity contribution is -0.0701. The van der Waals surface area contributed by atoms with E-state index in [1.807, 2.05) is 0 Å². The Hall–Kier alpha value is 0.310. The summed E-state index contributed by atoms with van der Waals surface area (Å²) in [4.78, 5) is 0. The molecule has 0 saturated carbocycles. The Morgan fingerprint density at radius 3 is 2.00 bits per heavy atom. The Kier molecular flexibility index (Phi) is 2.20. The summed E-state index contributed by atoms with van der Waals surface area (Å²) in [5, 5.41) is 12.1. The van der Waals surface area contributed by atoms with Crippen molar-refractivity contribution in [3.63, 3.8) is 0 Å². The molecule has 1 N–H and O–H groups in total. The molecule has 13 heavy (non-hydrogen) atoms. The molecule has 76 valence electrons. The summed E-state index contributed by atoms with van der Waals surface area (Å²) < 4.78 is 0. The van der Waals surface area contributed by atoms with Crippen LogP contribution in [0.25, 0.3) is 0 Å². The van der Waals surface area contributed by atoms with Gasteiger partial charge in [-0.3, -0.25) is 0 Å². The molecule has 2 unspecified atom stereocenters. The van der Waals surface area contributed by atoms with Gasteiger partial charge in [-0.2, -0.15) is 11.8 Å². The maximum atomic E-state index is 10.6. The maximum Gasteiger partial charge on any atom is 0.0716 e. The average Bonchev–Trinajstić information content (AvgIpc) is 2.28. The third-order valence-electron chi connectivity index (χ3n) is 3.72. The number of hydrogen-bond donors (Lipinski definition) is 1. The van der Waals surface area contributed by atoms with E-state index in [4.69, 9.17) is 0 Å². The topological polar surface area (TPSA) is 20.2 Å². The fourth-order valence-corrected chi connectivity index (χ4v) is 4.36. The molecule has 0 aromatic carbocycles. The Morgan fingerprint density at radius 1 is 1.15 bits per heavy atom. The largest absolute Gasteiger partial charge is 0.389 e. The fraction of sp³-hybridized carbons (Fsp3) is 1.00. The van der Waals surface area contributed by atoms with Crippen LogP contribution in [0.5, 0.6) is 0 Å². The Labute approximate surface area is 85.3 Å². The lowest BCUT2D eigenvalue weighted by Gasteiger charge is -2.45. The zero-order valence-corrected chi connectivity index (χ0v) is 9.66. The van der Waals surface area contributed by atoms with Crippen LogP contribution >= 0.6 is 11.8 Å². The first-order valence-electron chi connectivity index (χ1n) is 5.29. The van der Waals surface area contributed by atoms with E-state index in [9.17, 15) is 5.11 Å². The van der Waals surface area contributed by atoms with E-state index in [2.05, 4.69) is 32.5 Å². The van der Waals surface area contributed by atoms with Gasteiger partial charge in [0, 0.05) is 10.5 Å². The van der Waals surface area contributed by atoms with Gasteiger partial charge in [0.1, 0.15) is 0 Å². The van der Waals surface area contributed by atoms with Crippen molar-refractivity contribution < 1.29 is 5.11 Å².